The maximum absolute atomic E-state index is 6.07. The number of alkyl halides is 1. The Morgan fingerprint density at radius 2 is 2.00 bits per heavy atom. The molecular formula is C15H18ClN5. The van der Waals surface area contributed by atoms with Gasteiger partial charge in [0.05, 0.1) is 11.6 Å². The number of nitrogens with zero attached hydrogens (tertiary/aromatic N) is 5. The SMILES string of the molecule is CCn1nc(C)c2nc(CCl)n(CCc3ccncc3)c21. The molecule has 0 aliphatic heterocycles. The highest BCUT2D eigenvalue weighted by Gasteiger charge is 2.17. The van der Waals surface area contributed by atoms with Crippen molar-refractivity contribution in [2.75, 3.05) is 0 Å². The molecule has 5 nitrogen and oxygen atoms in total. The summed E-state index contributed by atoms with van der Waals surface area (Å²) in [5.74, 6) is 1.32. The van der Waals surface area contributed by atoms with Gasteiger partial charge in [0, 0.05) is 25.5 Å². The Balaban J connectivity index is 1.99. The highest BCUT2D eigenvalue weighted by Crippen LogP contribution is 2.21. The first-order valence-electron chi connectivity index (χ1n) is 7.12. The minimum atomic E-state index is 0.411. The van der Waals surface area contributed by atoms with Crippen molar-refractivity contribution in [1.29, 1.82) is 0 Å². The molecule has 0 unspecified atom stereocenters. The Bertz CT molecular complexity index is 744. The third-order valence-corrected chi connectivity index (χ3v) is 3.91. The number of imidazole rings is 1. The van der Waals surface area contributed by atoms with Crippen molar-refractivity contribution in [2.24, 2.45) is 0 Å². The molecule has 0 amide bonds. The molecule has 0 saturated carbocycles. The average molecular weight is 304 g/mol. The van der Waals surface area contributed by atoms with Gasteiger partial charge >= 0.3 is 0 Å². The Hall–Kier alpha value is -1.88. The van der Waals surface area contributed by atoms with Crippen LogP contribution in [0.3, 0.4) is 0 Å². The highest BCUT2D eigenvalue weighted by molar-refractivity contribution is 6.16. The standard InChI is InChI=1S/C15H18ClN5/c1-3-21-15-14(11(2)19-21)18-13(10-16)20(15)9-6-12-4-7-17-8-5-12/h4-5,7-8H,3,6,9-10H2,1-2H3. The van der Waals surface area contributed by atoms with E-state index >= 15 is 0 Å². The van der Waals surface area contributed by atoms with Crippen molar-refractivity contribution in [3.63, 3.8) is 0 Å². The molecule has 0 atom stereocenters. The number of halogens is 1. The number of rotatable bonds is 5. The van der Waals surface area contributed by atoms with E-state index in [1.54, 1.807) is 0 Å². The molecule has 0 aliphatic rings. The van der Waals surface area contributed by atoms with Crippen LogP contribution in [0.4, 0.5) is 0 Å². The third kappa shape index (κ3) is 2.53. The van der Waals surface area contributed by atoms with Gasteiger partial charge in [-0.2, -0.15) is 5.10 Å². The van der Waals surface area contributed by atoms with E-state index in [0.717, 1.165) is 42.2 Å². The summed E-state index contributed by atoms with van der Waals surface area (Å²) in [5.41, 5.74) is 4.24. The number of pyridine rings is 1. The molecule has 6 heteroatoms. The van der Waals surface area contributed by atoms with Crippen LogP contribution >= 0.6 is 11.6 Å². The molecule has 0 aliphatic carbocycles. The average Bonchev–Trinajstić information content (AvgIpc) is 3.04. The summed E-state index contributed by atoms with van der Waals surface area (Å²) in [6.07, 6.45) is 4.56. The van der Waals surface area contributed by atoms with Crippen molar-refractivity contribution in [3.8, 4) is 0 Å². The van der Waals surface area contributed by atoms with E-state index in [1.165, 1.54) is 5.56 Å². The van der Waals surface area contributed by atoms with Crippen molar-refractivity contribution < 1.29 is 0 Å². The zero-order chi connectivity index (χ0) is 14.8. The number of aromatic nitrogens is 5. The van der Waals surface area contributed by atoms with Crippen LogP contribution in [0.25, 0.3) is 11.2 Å². The molecule has 3 heterocycles. The molecule has 0 radical (unpaired) electrons. The summed E-state index contributed by atoms with van der Waals surface area (Å²) in [6.45, 7) is 5.75. The number of hydrogen-bond acceptors (Lipinski definition) is 3. The lowest BCUT2D eigenvalue weighted by Crippen LogP contribution is -2.09. The fraction of sp³-hybridized carbons (Fsp3) is 0.400. The van der Waals surface area contributed by atoms with E-state index in [4.69, 9.17) is 11.6 Å². The first kappa shape index (κ1) is 14.1. The topological polar surface area (TPSA) is 48.5 Å². The zero-order valence-corrected chi connectivity index (χ0v) is 13.0. The highest BCUT2D eigenvalue weighted by atomic mass is 35.5. The molecule has 110 valence electrons. The molecule has 3 rings (SSSR count). The second kappa shape index (κ2) is 5.85. The van der Waals surface area contributed by atoms with Gasteiger partial charge in [0.2, 0.25) is 0 Å². The number of hydrogen-bond donors (Lipinski definition) is 0. The fourth-order valence-corrected chi connectivity index (χ4v) is 2.82. The van der Waals surface area contributed by atoms with Crippen LogP contribution in [-0.2, 0) is 25.4 Å². The Labute approximate surface area is 128 Å². The molecule has 0 fully saturated rings. The first-order valence-corrected chi connectivity index (χ1v) is 7.65. The van der Waals surface area contributed by atoms with Crippen LogP contribution < -0.4 is 0 Å². The monoisotopic (exact) mass is 303 g/mol. The molecule has 0 N–H and O–H groups in total. The van der Waals surface area contributed by atoms with Crippen molar-refractivity contribution in [1.82, 2.24) is 24.3 Å². The van der Waals surface area contributed by atoms with Gasteiger partial charge in [-0.1, -0.05) is 0 Å². The molecular weight excluding hydrogens is 286 g/mol. The lowest BCUT2D eigenvalue weighted by molar-refractivity contribution is 0.616. The van der Waals surface area contributed by atoms with Crippen LogP contribution in [0.1, 0.15) is 24.0 Å². The van der Waals surface area contributed by atoms with E-state index in [1.807, 2.05) is 36.1 Å². The molecule has 0 saturated heterocycles. The molecule has 0 spiro atoms. The summed E-state index contributed by atoms with van der Waals surface area (Å²) in [7, 11) is 0. The molecule has 0 bridgehead atoms. The van der Waals surface area contributed by atoms with Crippen LogP contribution in [0, 0.1) is 6.92 Å². The Kier molecular flexibility index (Phi) is 3.92. The zero-order valence-electron chi connectivity index (χ0n) is 12.3. The van der Waals surface area contributed by atoms with Gasteiger partial charge in [0.1, 0.15) is 11.3 Å². The fourth-order valence-electron chi connectivity index (χ4n) is 2.62. The quantitative estimate of drug-likeness (QED) is 0.681. The number of fused-ring (bicyclic) bond motifs is 1. The second-order valence-electron chi connectivity index (χ2n) is 4.99. The van der Waals surface area contributed by atoms with E-state index in [-0.39, 0.29) is 0 Å². The van der Waals surface area contributed by atoms with E-state index in [0.29, 0.717) is 5.88 Å². The second-order valence-corrected chi connectivity index (χ2v) is 5.26. The summed E-state index contributed by atoms with van der Waals surface area (Å²) < 4.78 is 4.19. The maximum atomic E-state index is 6.07. The largest absolute Gasteiger partial charge is 0.312 e. The molecule has 21 heavy (non-hydrogen) atoms. The smallest absolute Gasteiger partial charge is 0.158 e. The summed E-state index contributed by atoms with van der Waals surface area (Å²) in [4.78, 5) is 8.70. The van der Waals surface area contributed by atoms with E-state index < -0.39 is 0 Å². The lowest BCUT2D eigenvalue weighted by atomic mass is 10.2. The minimum absolute atomic E-state index is 0.411. The molecule has 3 aromatic rings. The number of aryl methyl sites for hydroxylation is 4. The molecule has 3 aromatic heterocycles. The van der Waals surface area contributed by atoms with Crippen LogP contribution in [0.5, 0.6) is 0 Å². The van der Waals surface area contributed by atoms with E-state index in [2.05, 4.69) is 26.6 Å². The van der Waals surface area contributed by atoms with Crippen molar-refractivity contribution in [2.45, 2.75) is 39.2 Å². The predicted octanol–water partition coefficient (Wildman–Crippen LogP) is 2.94. The summed E-state index contributed by atoms with van der Waals surface area (Å²) in [6, 6.07) is 4.08. The van der Waals surface area contributed by atoms with E-state index in [9.17, 15) is 0 Å². The van der Waals surface area contributed by atoms with Gasteiger partial charge in [-0.05, 0) is 38.0 Å². The lowest BCUT2D eigenvalue weighted by Gasteiger charge is -2.09. The van der Waals surface area contributed by atoms with Crippen LogP contribution in [0.2, 0.25) is 0 Å². The predicted molar refractivity (Wildman–Crippen MR) is 83.4 cm³/mol. The van der Waals surface area contributed by atoms with Crippen LogP contribution in [-0.4, -0.2) is 24.3 Å². The Morgan fingerprint density at radius 3 is 2.67 bits per heavy atom. The van der Waals surface area contributed by atoms with Crippen molar-refractivity contribution in [3.05, 3.63) is 41.6 Å². The van der Waals surface area contributed by atoms with Gasteiger partial charge in [0.15, 0.2) is 5.65 Å². The molecule has 0 aromatic carbocycles. The first-order chi connectivity index (χ1) is 10.2. The third-order valence-electron chi connectivity index (χ3n) is 3.67. The van der Waals surface area contributed by atoms with Gasteiger partial charge in [-0.15, -0.1) is 11.6 Å². The van der Waals surface area contributed by atoms with Gasteiger partial charge < -0.3 is 4.57 Å². The summed E-state index contributed by atoms with van der Waals surface area (Å²) in [5, 5.41) is 4.54. The van der Waals surface area contributed by atoms with Gasteiger partial charge in [0.25, 0.3) is 0 Å². The van der Waals surface area contributed by atoms with Crippen molar-refractivity contribution >= 4 is 22.8 Å². The Morgan fingerprint density at radius 1 is 1.24 bits per heavy atom. The van der Waals surface area contributed by atoms with Crippen LogP contribution in [0.15, 0.2) is 24.5 Å². The van der Waals surface area contributed by atoms with Gasteiger partial charge in [-0.25, -0.2) is 9.67 Å². The minimum Gasteiger partial charge on any atom is -0.312 e. The normalized spacial score (nSPS) is 11.4. The van der Waals surface area contributed by atoms with Gasteiger partial charge in [-0.3, -0.25) is 4.98 Å². The maximum Gasteiger partial charge on any atom is 0.158 e. The summed E-state index contributed by atoms with van der Waals surface area (Å²) >= 11 is 6.07.